The molecule has 1 heterocycles. The third-order valence-electron chi connectivity index (χ3n) is 3.48. The van der Waals surface area contributed by atoms with Crippen molar-refractivity contribution in [3.05, 3.63) is 35.4 Å². The zero-order chi connectivity index (χ0) is 13.7. The van der Waals surface area contributed by atoms with Crippen molar-refractivity contribution in [1.82, 2.24) is 10.6 Å². The van der Waals surface area contributed by atoms with Crippen molar-refractivity contribution in [2.24, 2.45) is 0 Å². The van der Waals surface area contributed by atoms with Crippen molar-refractivity contribution in [2.75, 3.05) is 18.1 Å². The molecular weight excluding hydrogens is 256 g/mol. The molecule has 0 spiro atoms. The van der Waals surface area contributed by atoms with E-state index in [-0.39, 0.29) is 18.0 Å². The normalized spacial score (nSPS) is 20.8. The molecule has 0 bridgehead atoms. The topological polar surface area (TPSA) is 41.1 Å². The average Bonchev–Trinajstić information content (AvgIpc) is 2.48. The van der Waals surface area contributed by atoms with Gasteiger partial charge < -0.3 is 10.6 Å². The van der Waals surface area contributed by atoms with Crippen molar-refractivity contribution >= 4 is 17.7 Å². The molecule has 1 aromatic rings. The fourth-order valence-electron chi connectivity index (χ4n) is 2.17. The second kappa shape index (κ2) is 6.96. The third-order valence-corrected chi connectivity index (χ3v) is 4.55. The average molecular weight is 278 g/mol. The van der Waals surface area contributed by atoms with Crippen LogP contribution >= 0.6 is 11.8 Å². The predicted octanol–water partition coefficient (Wildman–Crippen LogP) is 2.13. The van der Waals surface area contributed by atoms with Crippen LogP contribution in [0.4, 0.5) is 0 Å². The van der Waals surface area contributed by atoms with Crippen LogP contribution in [0.15, 0.2) is 24.3 Å². The number of hydrogen-bond donors (Lipinski definition) is 2. The molecule has 104 valence electrons. The highest BCUT2D eigenvalue weighted by molar-refractivity contribution is 7.99. The minimum Gasteiger partial charge on any atom is -0.348 e. The molecule has 2 N–H and O–H groups in total. The molecule has 19 heavy (non-hydrogen) atoms. The first-order valence-electron chi connectivity index (χ1n) is 6.91. The molecular formula is C15H22N2OS. The lowest BCUT2D eigenvalue weighted by molar-refractivity contribution is -0.123. The fourth-order valence-corrected chi connectivity index (χ4v) is 3.11. The minimum absolute atomic E-state index is 0.0453. The van der Waals surface area contributed by atoms with E-state index in [1.807, 2.05) is 18.7 Å². The number of amides is 1. The summed E-state index contributed by atoms with van der Waals surface area (Å²) in [7, 11) is 0. The van der Waals surface area contributed by atoms with Gasteiger partial charge in [0.05, 0.1) is 12.1 Å². The van der Waals surface area contributed by atoms with E-state index in [0.717, 1.165) is 30.0 Å². The predicted molar refractivity (Wildman–Crippen MR) is 81.5 cm³/mol. The monoisotopic (exact) mass is 278 g/mol. The van der Waals surface area contributed by atoms with Crippen LogP contribution in [0, 0.1) is 0 Å². The van der Waals surface area contributed by atoms with E-state index >= 15 is 0 Å². The molecule has 0 saturated carbocycles. The molecule has 2 unspecified atom stereocenters. The second-order valence-corrected chi connectivity index (χ2v) is 6.06. The van der Waals surface area contributed by atoms with E-state index in [1.165, 1.54) is 5.56 Å². The number of benzene rings is 1. The summed E-state index contributed by atoms with van der Waals surface area (Å²) in [6.07, 6.45) is 1.05. The van der Waals surface area contributed by atoms with Gasteiger partial charge in [-0.25, -0.2) is 0 Å². The molecule has 4 heteroatoms. The molecule has 2 rings (SSSR count). The number of hydrogen-bond acceptors (Lipinski definition) is 3. The Balaban J connectivity index is 1.91. The molecule has 0 radical (unpaired) electrons. The molecule has 0 aromatic heterocycles. The molecule has 1 aliphatic rings. The van der Waals surface area contributed by atoms with E-state index in [1.54, 1.807) is 0 Å². The zero-order valence-electron chi connectivity index (χ0n) is 11.6. The van der Waals surface area contributed by atoms with Gasteiger partial charge in [0.1, 0.15) is 0 Å². The minimum atomic E-state index is -0.0453. The van der Waals surface area contributed by atoms with Crippen LogP contribution in [0.5, 0.6) is 0 Å². The summed E-state index contributed by atoms with van der Waals surface area (Å²) in [5.41, 5.74) is 2.49. The molecule has 1 aromatic carbocycles. The van der Waals surface area contributed by atoms with Gasteiger partial charge in [-0.15, -0.1) is 0 Å². The maximum atomic E-state index is 12.1. The van der Waals surface area contributed by atoms with Crippen LogP contribution in [0.1, 0.15) is 31.0 Å². The summed E-state index contributed by atoms with van der Waals surface area (Å²) in [6, 6.07) is 8.49. The van der Waals surface area contributed by atoms with Crippen LogP contribution in [0.2, 0.25) is 0 Å². The van der Waals surface area contributed by atoms with Gasteiger partial charge in [-0.2, -0.15) is 11.8 Å². The smallest absolute Gasteiger partial charge is 0.238 e. The largest absolute Gasteiger partial charge is 0.348 e. The summed E-state index contributed by atoms with van der Waals surface area (Å²) >= 11 is 1.84. The molecule has 1 aliphatic heterocycles. The van der Waals surface area contributed by atoms with Crippen molar-refractivity contribution < 1.29 is 4.79 Å². The lowest BCUT2D eigenvalue weighted by Crippen LogP contribution is -2.49. The van der Waals surface area contributed by atoms with E-state index in [9.17, 15) is 4.79 Å². The van der Waals surface area contributed by atoms with E-state index in [2.05, 4.69) is 41.8 Å². The third kappa shape index (κ3) is 3.98. The summed E-state index contributed by atoms with van der Waals surface area (Å²) in [6.45, 7) is 5.10. The Kier molecular flexibility index (Phi) is 5.28. The van der Waals surface area contributed by atoms with E-state index < -0.39 is 0 Å². The Bertz CT molecular complexity index is 413. The number of rotatable bonds is 4. The highest BCUT2D eigenvalue weighted by Crippen LogP contribution is 2.15. The Morgan fingerprint density at radius 3 is 2.79 bits per heavy atom. The highest BCUT2D eigenvalue weighted by atomic mass is 32.2. The van der Waals surface area contributed by atoms with Crippen LogP contribution in [0.3, 0.4) is 0 Å². The molecule has 0 aliphatic carbocycles. The Morgan fingerprint density at radius 1 is 1.47 bits per heavy atom. The summed E-state index contributed by atoms with van der Waals surface area (Å²) in [5, 5.41) is 6.35. The molecule has 1 amide bonds. The first-order valence-corrected chi connectivity index (χ1v) is 8.06. The number of carbonyl (C=O) groups excluding carboxylic acids is 1. The van der Waals surface area contributed by atoms with Gasteiger partial charge in [-0.05, 0) is 24.5 Å². The SMILES string of the molecule is CCc1ccc(C(C)NC(=O)C2CSCCN2)cc1. The van der Waals surface area contributed by atoms with Crippen LogP contribution < -0.4 is 10.6 Å². The lowest BCUT2D eigenvalue weighted by atomic mass is 10.0. The summed E-state index contributed by atoms with van der Waals surface area (Å²) in [5.74, 6) is 2.07. The Labute approximate surface area is 119 Å². The molecule has 1 fully saturated rings. The highest BCUT2D eigenvalue weighted by Gasteiger charge is 2.22. The van der Waals surface area contributed by atoms with Crippen LogP contribution in [0.25, 0.3) is 0 Å². The number of nitrogens with one attached hydrogen (secondary N) is 2. The Hall–Kier alpha value is -1.00. The number of thioether (sulfide) groups is 1. The first kappa shape index (κ1) is 14.4. The van der Waals surface area contributed by atoms with Crippen molar-refractivity contribution in [3.63, 3.8) is 0 Å². The van der Waals surface area contributed by atoms with Crippen molar-refractivity contribution in [1.29, 1.82) is 0 Å². The first-order chi connectivity index (χ1) is 9.20. The quantitative estimate of drug-likeness (QED) is 0.886. The zero-order valence-corrected chi connectivity index (χ0v) is 12.4. The van der Waals surface area contributed by atoms with Gasteiger partial charge in [0.25, 0.3) is 0 Å². The number of aryl methyl sites for hydroxylation is 1. The van der Waals surface area contributed by atoms with Gasteiger partial charge >= 0.3 is 0 Å². The van der Waals surface area contributed by atoms with Gasteiger partial charge in [-0.1, -0.05) is 31.2 Å². The maximum Gasteiger partial charge on any atom is 0.238 e. The standard InChI is InChI=1S/C15H22N2OS/c1-3-12-4-6-13(7-5-12)11(2)17-15(18)14-10-19-9-8-16-14/h4-7,11,14,16H,3,8-10H2,1-2H3,(H,17,18). The molecule has 2 atom stereocenters. The van der Waals surface area contributed by atoms with Gasteiger partial charge in [-0.3, -0.25) is 4.79 Å². The van der Waals surface area contributed by atoms with Crippen molar-refractivity contribution in [3.8, 4) is 0 Å². The summed E-state index contributed by atoms with van der Waals surface area (Å²) < 4.78 is 0. The summed E-state index contributed by atoms with van der Waals surface area (Å²) in [4.78, 5) is 12.1. The van der Waals surface area contributed by atoms with E-state index in [0.29, 0.717) is 0 Å². The maximum absolute atomic E-state index is 12.1. The van der Waals surface area contributed by atoms with Gasteiger partial charge in [0.15, 0.2) is 0 Å². The Morgan fingerprint density at radius 2 is 2.21 bits per heavy atom. The van der Waals surface area contributed by atoms with E-state index in [4.69, 9.17) is 0 Å². The lowest BCUT2D eigenvalue weighted by Gasteiger charge is -2.24. The van der Waals surface area contributed by atoms with Gasteiger partial charge in [0.2, 0.25) is 5.91 Å². The van der Waals surface area contributed by atoms with Crippen LogP contribution in [-0.2, 0) is 11.2 Å². The van der Waals surface area contributed by atoms with Crippen LogP contribution in [-0.4, -0.2) is 30.0 Å². The van der Waals surface area contributed by atoms with Crippen molar-refractivity contribution in [2.45, 2.75) is 32.4 Å². The number of carbonyl (C=O) groups is 1. The second-order valence-electron chi connectivity index (χ2n) is 4.91. The molecule has 3 nitrogen and oxygen atoms in total. The molecule has 1 saturated heterocycles. The van der Waals surface area contributed by atoms with Gasteiger partial charge in [0, 0.05) is 18.1 Å². The fraction of sp³-hybridized carbons (Fsp3) is 0.533.